The molecule has 0 saturated heterocycles. The predicted octanol–water partition coefficient (Wildman–Crippen LogP) is 4.87. The molecule has 0 amide bonds. The number of nitrogens with one attached hydrogen (secondary N) is 1. The number of hydrogen-bond acceptors (Lipinski definition) is 3. The van der Waals surface area contributed by atoms with Gasteiger partial charge in [0.25, 0.3) is 5.69 Å². The van der Waals surface area contributed by atoms with Crippen LogP contribution < -0.4 is 5.32 Å². The number of benzene rings is 1. The molecule has 5 heteroatoms. The fraction of sp³-hybridized carbons (Fsp3) is 0.625. The van der Waals surface area contributed by atoms with Crippen LogP contribution in [0.25, 0.3) is 0 Å². The second-order valence-electron chi connectivity index (χ2n) is 7.41. The van der Waals surface area contributed by atoms with Crippen molar-refractivity contribution in [3.05, 3.63) is 33.3 Å². The summed E-state index contributed by atoms with van der Waals surface area (Å²) < 4.78 is 0. The third-order valence-corrected chi connectivity index (χ3v) is 5.96. The van der Waals surface area contributed by atoms with Crippen LogP contribution in [0.5, 0.6) is 0 Å². The Kier molecular flexibility index (Phi) is 3.21. The van der Waals surface area contributed by atoms with Crippen LogP contribution >= 0.6 is 11.6 Å². The average Bonchev–Trinajstić information content (AvgIpc) is 2.87. The highest BCUT2D eigenvalue weighted by Gasteiger charge is 2.59. The minimum absolute atomic E-state index is 0.0599. The highest BCUT2D eigenvalue weighted by molar-refractivity contribution is 6.30. The van der Waals surface area contributed by atoms with E-state index in [9.17, 15) is 10.1 Å². The Morgan fingerprint density at radius 3 is 2.67 bits per heavy atom. The molecule has 2 aliphatic carbocycles. The number of nitrogens with zero attached hydrogens (tertiary/aromatic N) is 1. The standard InChI is InChI=1S/C16H21ClN2O2/c1-15(2)10-6-7-16(3,9-10)14(15)18-12-5-4-11(17)8-13(12)19(20)21/h4-5,8,10,14,18H,6-7,9H2,1-3H3/t10-,14?,16+/m0/s1. The van der Waals surface area contributed by atoms with E-state index in [1.807, 2.05) is 0 Å². The van der Waals surface area contributed by atoms with Crippen molar-refractivity contribution in [1.29, 1.82) is 0 Å². The molecule has 2 bridgehead atoms. The molecule has 0 heterocycles. The largest absolute Gasteiger partial charge is 0.376 e. The lowest BCUT2D eigenvalue weighted by Crippen LogP contribution is -2.45. The number of nitro groups is 1. The zero-order valence-corrected chi connectivity index (χ0v) is 13.4. The summed E-state index contributed by atoms with van der Waals surface area (Å²) in [4.78, 5) is 10.9. The van der Waals surface area contributed by atoms with Crippen LogP contribution in [0, 0.1) is 26.9 Å². The zero-order chi connectivity index (χ0) is 15.4. The molecule has 0 aromatic heterocycles. The first kappa shape index (κ1) is 14.6. The summed E-state index contributed by atoms with van der Waals surface area (Å²) in [7, 11) is 0. The van der Waals surface area contributed by atoms with Crippen molar-refractivity contribution in [2.24, 2.45) is 16.7 Å². The maximum atomic E-state index is 11.3. The minimum Gasteiger partial charge on any atom is -0.376 e. The van der Waals surface area contributed by atoms with E-state index in [1.54, 1.807) is 12.1 Å². The van der Waals surface area contributed by atoms with Gasteiger partial charge in [-0.25, -0.2) is 0 Å². The van der Waals surface area contributed by atoms with Gasteiger partial charge in [-0.1, -0.05) is 32.4 Å². The lowest BCUT2D eigenvalue weighted by atomic mass is 9.68. The molecule has 4 nitrogen and oxygen atoms in total. The number of rotatable bonds is 3. The van der Waals surface area contributed by atoms with Crippen LogP contribution in [0.4, 0.5) is 11.4 Å². The monoisotopic (exact) mass is 308 g/mol. The Bertz CT molecular complexity index is 597. The molecule has 1 unspecified atom stereocenters. The van der Waals surface area contributed by atoms with E-state index >= 15 is 0 Å². The van der Waals surface area contributed by atoms with Crippen molar-refractivity contribution in [2.45, 2.75) is 46.1 Å². The van der Waals surface area contributed by atoms with Crippen LogP contribution in [0.2, 0.25) is 5.02 Å². The number of hydrogen-bond donors (Lipinski definition) is 1. The van der Waals surface area contributed by atoms with E-state index in [1.165, 1.54) is 25.3 Å². The summed E-state index contributed by atoms with van der Waals surface area (Å²) in [5, 5.41) is 15.1. The first-order valence-corrected chi connectivity index (χ1v) is 7.82. The van der Waals surface area contributed by atoms with Gasteiger partial charge in [0.05, 0.1) is 4.92 Å². The summed E-state index contributed by atoms with van der Waals surface area (Å²) in [6.45, 7) is 6.87. The predicted molar refractivity (Wildman–Crippen MR) is 84.7 cm³/mol. The topological polar surface area (TPSA) is 55.2 Å². The maximum Gasteiger partial charge on any atom is 0.293 e. The first-order valence-electron chi connectivity index (χ1n) is 7.44. The van der Waals surface area contributed by atoms with Crippen LogP contribution in [-0.4, -0.2) is 11.0 Å². The van der Waals surface area contributed by atoms with Gasteiger partial charge >= 0.3 is 0 Å². The van der Waals surface area contributed by atoms with Crippen molar-refractivity contribution in [1.82, 2.24) is 0 Å². The Morgan fingerprint density at radius 2 is 2.10 bits per heavy atom. The van der Waals surface area contributed by atoms with Gasteiger partial charge in [-0.2, -0.15) is 0 Å². The van der Waals surface area contributed by atoms with Crippen molar-refractivity contribution >= 4 is 23.0 Å². The van der Waals surface area contributed by atoms with E-state index < -0.39 is 0 Å². The molecule has 0 spiro atoms. The summed E-state index contributed by atoms with van der Waals surface area (Å²) in [6, 6.07) is 5.11. The third kappa shape index (κ3) is 2.20. The van der Waals surface area contributed by atoms with Crippen molar-refractivity contribution in [2.75, 3.05) is 5.32 Å². The summed E-state index contributed by atoms with van der Waals surface area (Å²) >= 11 is 5.89. The van der Waals surface area contributed by atoms with Gasteiger partial charge < -0.3 is 5.32 Å². The normalized spacial score (nSPS) is 33.1. The molecule has 1 aromatic rings. The molecule has 3 rings (SSSR count). The van der Waals surface area contributed by atoms with Gasteiger partial charge in [-0.15, -0.1) is 0 Å². The fourth-order valence-corrected chi connectivity index (χ4v) is 4.76. The number of anilines is 1. The molecule has 0 radical (unpaired) electrons. The number of nitro benzene ring substituents is 1. The zero-order valence-electron chi connectivity index (χ0n) is 12.6. The molecular weight excluding hydrogens is 288 g/mol. The average molecular weight is 309 g/mol. The van der Waals surface area contributed by atoms with Crippen molar-refractivity contribution in [3.8, 4) is 0 Å². The van der Waals surface area contributed by atoms with E-state index in [0.717, 1.165) is 0 Å². The molecule has 2 aliphatic rings. The van der Waals surface area contributed by atoms with Crippen LogP contribution in [-0.2, 0) is 0 Å². The van der Waals surface area contributed by atoms with Crippen LogP contribution in [0.15, 0.2) is 18.2 Å². The first-order chi connectivity index (χ1) is 9.74. The fourth-order valence-electron chi connectivity index (χ4n) is 4.60. The lowest BCUT2D eigenvalue weighted by Gasteiger charge is -2.43. The molecule has 21 heavy (non-hydrogen) atoms. The van der Waals surface area contributed by atoms with E-state index in [4.69, 9.17) is 11.6 Å². The summed E-state index contributed by atoms with van der Waals surface area (Å²) in [6.07, 6.45) is 3.67. The van der Waals surface area contributed by atoms with Crippen LogP contribution in [0.1, 0.15) is 40.0 Å². The number of halogens is 1. The lowest BCUT2D eigenvalue weighted by molar-refractivity contribution is -0.384. The van der Waals surface area contributed by atoms with Crippen molar-refractivity contribution < 1.29 is 4.92 Å². The second-order valence-corrected chi connectivity index (χ2v) is 7.85. The Morgan fingerprint density at radius 1 is 1.38 bits per heavy atom. The summed E-state index contributed by atoms with van der Waals surface area (Å²) in [5.74, 6) is 0.700. The molecule has 2 saturated carbocycles. The van der Waals surface area contributed by atoms with Gasteiger partial charge in [0.15, 0.2) is 0 Å². The molecule has 3 atom stereocenters. The van der Waals surface area contributed by atoms with E-state index in [2.05, 4.69) is 26.1 Å². The smallest absolute Gasteiger partial charge is 0.293 e. The molecular formula is C16H21ClN2O2. The van der Waals surface area contributed by atoms with E-state index in [-0.39, 0.29) is 27.5 Å². The Balaban J connectivity index is 1.96. The second kappa shape index (κ2) is 4.60. The Labute approximate surface area is 130 Å². The minimum atomic E-state index is -0.364. The SMILES string of the molecule is CC1(C)C(Nc2ccc(Cl)cc2[N+](=O)[O-])[C@]2(C)CC[C@H]1C2. The molecule has 1 N–H and O–H groups in total. The van der Waals surface area contributed by atoms with Gasteiger partial charge in [0.2, 0.25) is 0 Å². The molecule has 1 aromatic carbocycles. The highest BCUT2D eigenvalue weighted by atomic mass is 35.5. The van der Waals surface area contributed by atoms with Gasteiger partial charge in [-0.05, 0) is 48.1 Å². The number of fused-ring (bicyclic) bond motifs is 2. The molecule has 114 valence electrons. The molecule has 2 fully saturated rings. The Hall–Kier alpha value is -1.29. The van der Waals surface area contributed by atoms with Gasteiger partial charge in [0.1, 0.15) is 5.69 Å². The molecule has 0 aliphatic heterocycles. The van der Waals surface area contributed by atoms with Crippen molar-refractivity contribution in [3.63, 3.8) is 0 Å². The van der Waals surface area contributed by atoms with E-state index in [0.29, 0.717) is 16.6 Å². The van der Waals surface area contributed by atoms with Gasteiger partial charge in [0, 0.05) is 17.1 Å². The van der Waals surface area contributed by atoms with Crippen LogP contribution in [0.3, 0.4) is 0 Å². The summed E-state index contributed by atoms with van der Waals surface area (Å²) in [5.41, 5.74) is 1.02. The quantitative estimate of drug-likeness (QED) is 0.640. The highest BCUT2D eigenvalue weighted by Crippen LogP contribution is 2.63. The maximum absolute atomic E-state index is 11.3. The third-order valence-electron chi connectivity index (χ3n) is 5.73. The van der Waals surface area contributed by atoms with Gasteiger partial charge in [-0.3, -0.25) is 10.1 Å².